The Labute approximate surface area is 185 Å². The van der Waals surface area contributed by atoms with E-state index in [1.807, 2.05) is 24.3 Å². The highest BCUT2D eigenvalue weighted by Crippen LogP contribution is 2.17. The van der Waals surface area contributed by atoms with E-state index in [0.717, 1.165) is 5.56 Å². The van der Waals surface area contributed by atoms with Gasteiger partial charge in [0.2, 0.25) is 0 Å². The Morgan fingerprint density at radius 2 is 1.59 bits per heavy atom. The van der Waals surface area contributed by atoms with Crippen molar-refractivity contribution in [2.75, 3.05) is 5.32 Å². The molecule has 0 aliphatic carbocycles. The van der Waals surface area contributed by atoms with Gasteiger partial charge in [-0.15, -0.1) is 0 Å². The zero-order valence-electron chi connectivity index (χ0n) is 17.6. The second-order valence-electron chi connectivity index (χ2n) is 7.36. The Hall–Kier alpha value is -4.33. The number of hydrazone groups is 1. The summed E-state index contributed by atoms with van der Waals surface area (Å²) in [6.07, 6.45) is 1.55. The first-order chi connectivity index (χ1) is 15.3. The Kier molecular flexibility index (Phi) is 7.07. The number of hydrogen-bond acceptors (Lipinski definition) is 5. The van der Waals surface area contributed by atoms with E-state index >= 15 is 0 Å². The van der Waals surface area contributed by atoms with Gasteiger partial charge in [0, 0.05) is 28.9 Å². The highest BCUT2D eigenvalue weighted by Gasteiger charge is 2.12. The molecule has 0 aromatic heterocycles. The van der Waals surface area contributed by atoms with Crippen LogP contribution in [-0.2, 0) is 0 Å². The summed E-state index contributed by atoms with van der Waals surface area (Å²) in [4.78, 5) is 35.1. The fraction of sp³-hybridized carbons (Fsp3) is 0.125. The van der Waals surface area contributed by atoms with Crippen LogP contribution in [0, 0.1) is 10.1 Å². The lowest BCUT2D eigenvalue weighted by Crippen LogP contribution is -2.18. The minimum atomic E-state index is -0.569. The average Bonchev–Trinajstić information content (AvgIpc) is 2.79. The van der Waals surface area contributed by atoms with Crippen molar-refractivity contribution in [3.8, 4) is 0 Å². The van der Waals surface area contributed by atoms with Gasteiger partial charge in [0.25, 0.3) is 17.5 Å². The van der Waals surface area contributed by atoms with Crippen LogP contribution in [-0.4, -0.2) is 23.0 Å². The van der Waals surface area contributed by atoms with Crippen LogP contribution in [0.2, 0.25) is 0 Å². The van der Waals surface area contributed by atoms with E-state index in [1.165, 1.54) is 35.9 Å². The molecule has 8 heteroatoms. The van der Waals surface area contributed by atoms with Crippen molar-refractivity contribution in [1.29, 1.82) is 0 Å². The Morgan fingerprint density at radius 3 is 2.25 bits per heavy atom. The quantitative estimate of drug-likeness (QED) is 0.320. The Balaban J connectivity index is 1.63. The number of nitro groups is 1. The van der Waals surface area contributed by atoms with Crippen molar-refractivity contribution >= 4 is 29.4 Å². The van der Waals surface area contributed by atoms with E-state index in [4.69, 9.17) is 0 Å². The van der Waals surface area contributed by atoms with Gasteiger partial charge in [0.1, 0.15) is 0 Å². The molecule has 0 radical (unpaired) electrons. The molecule has 0 unspecified atom stereocenters. The number of carbonyl (C=O) groups excluding carboxylic acids is 2. The van der Waals surface area contributed by atoms with Crippen molar-refractivity contribution in [2.45, 2.75) is 19.8 Å². The van der Waals surface area contributed by atoms with Crippen molar-refractivity contribution in [3.63, 3.8) is 0 Å². The normalized spacial score (nSPS) is 10.8. The molecule has 32 heavy (non-hydrogen) atoms. The SMILES string of the molecule is CC(C)c1ccc(/C=N\NC(=O)c2cccc(NC(=O)c3cccc([N+](=O)[O-])c3)c2)cc1. The summed E-state index contributed by atoms with van der Waals surface area (Å²) in [5.41, 5.74) is 5.17. The Morgan fingerprint density at radius 1 is 0.938 bits per heavy atom. The molecule has 0 spiro atoms. The van der Waals surface area contributed by atoms with Crippen LogP contribution in [0.4, 0.5) is 11.4 Å². The van der Waals surface area contributed by atoms with Gasteiger partial charge >= 0.3 is 0 Å². The lowest BCUT2D eigenvalue weighted by Gasteiger charge is -2.07. The predicted octanol–water partition coefficient (Wildman–Crippen LogP) is 4.73. The van der Waals surface area contributed by atoms with Crippen molar-refractivity contribution in [3.05, 3.63) is 105 Å². The molecule has 0 aliphatic rings. The lowest BCUT2D eigenvalue weighted by atomic mass is 10.0. The lowest BCUT2D eigenvalue weighted by molar-refractivity contribution is -0.384. The number of rotatable bonds is 7. The number of anilines is 1. The van der Waals surface area contributed by atoms with E-state index in [2.05, 4.69) is 29.7 Å². The van der Waals surface area contributed by atoms with Crippen molar-refractivity contribution in [2.24, 2.45) is 5.10 Å². The molecule has 0 aliphatic heterocycles. The summed E-state index contributed by atoms with van der Waals surface area (Å²) >= 11 is 0. The molecule has 2 N–H and O–H groups in total. The summed E-state index contributed by atoms with van der Waals surface area (Å²) in [5.74, 6) is -0.522. The van der Waals surface area contributed by atoms with Crippen molar-refractivity contribution < 1.29 is 14.5 Å². The molecule has 0 saturated carbocycles. The molecule has 0 fully saturated rings. The van der Waals surface area contributed by atoms with E-state index in [-0.39, 0.29) is 11.3 Å². The van der Waals surface area contributed by atoms with Gasteiger partial charge < -0.3 is 5.32 Å². The van der Waals surface area contributed by atoms with Gasteiger partial charge in [-0.3, -0.25) is 19.7 Å². The maximum Gasteiger partial charge on any atom is 0.271 e. The third kappa shape index (κ3) is 5.85. The first-order valence-electron chi connectivity index (χ1n) is 9.92. The molecule has 3 aromatic rings. The molecule has 0 bridgehead atoms. The molecule has 0 atom stereocenters. The van der Waals surface area contributed by atoms with Crippen LogP contribution < -0.4 is 10.7 Å². The summed E-state index contributed by atoms with van der Waals surface area (Å²) < 4.78 is 0. The number of carbonyl (C=O) groups is 2. The number of non-ortho nitro benzene ring substituents is 1. The average molecular weight is 430 g/mol. The largest absolute Gasteiger partial charge is 0.322 e. The fourth-order valence-electron chi connectivity index (χ4n) is 2.90. The van der Waals surface area contributed by atoms with Gasteiger partial charge in [0.05, 0.1) is 11.1 Å². The zero-order valence-corrected chi connectivity index (χ0v) is 17.6. The number of nitro benzene ring substituents is 1. The molecule has 2 amide bonds. The Bertz CT molecular complexity index is 1170. The molecule has 0 heterocycles. The third-order valence-electron chi connectivity index (χ3n) is 4.68. The highest BCUT2D eigenvalue weighted by molar-refractivity contribution is 6.05. The second-order valence-corrected chi connectivity index (χ2v) is 7.36. The van der Waals surface area contributed by atoms with Crippen LogP contribution in [0.5, 0.6) is 0 Å². The van der Waals surface area contributed by atoms with E-state index in [0.29, 0.717) is 17.2 Å². The summed E-state index contributed by atoms with van der Waals surface area (Å²) in [5, 5.41) is 17.5. The summed E-state index contributed by atoms with van der Waals surface area (Å²) in [7, 11) is 0. The van der Waals surface area contributed by atoms with Crippen LogP contribution in [0.1, 0.15) is 51.6 Å². The number of amides is 2. The van der Waals surface area contributed by atoms with E-state index in [9.17, 15) is 19.7 Å². The molecular weight excluding hydrogens is 408 g/mol. The van der Waals surface area contributed by atoms with Gasteiger partial charge in [-0.1, -0.05) is 50.2 Å². The molecule has 162 valence electrons. The van der Waals surface area contributed by atoms with E-state index in [1.54, 1.807) is 24.4 Å². The second kappa shape index (κ2) is 10.1. The topological polar surface area (TPSA) is 114 Å². The first-order valence-corrected chi connectivity index (χ1v) is 9.92. The molecule has 3 rings (SSSR count). The number of hydrogen-bond donors (Lipinski definition) is 2. The van der Waals surface area contributed by atoms with Crippen LogP contribution >= 0.6 is 0 Å². The summed E-state index contributed by atoms with van der Waals surface area (Å²) in [6, 6.07) is 19.6. The maximum absolute atomic E-state index is 12.4. The molecule has 0 saturated heterocycles. The minimum Gasteiger partial charge on any atom is -0.322 e. The van der Waals surface area contributed by atoms with Crippen LogP contribution in [0.15, 0.2) is 77.9 Å². The number of nitrogens with zero attached hydrogens (tertiary/aromatic N) is 2. The first kappa shape index (κ1) is 22.4. The van der Waals surface area contributed by atoms with Gasteiger partial charge in [-0.05, 0) is 41.3 Å². The molecule has 8 nitrogen and oxygen atoms in total. The monoisotopic (exact) mass is 430 g/mol. The number of nitrogens with one attached hydrogen (secondary N) is 2. The number of benzene rings is 3. The third-order valence-corrected chi connectivity index (χ3v) is 4.68. The fourth-order valence-corrected chi connectivity index (χ4v) is 2.90. The minimum absolute atomic E-state index is 0.141. The molecular formula is C24H22N4O4. The summed E-state index contributed by atoms with van der Waals surface area (Å²) in [6.45, 7) is 4.23. The highest BCUT2D eigenvalue weighted by atomic mass is 16.6. The van der Waals surface area contributed by atoms with Crippen LogP contribution in [0.3, 0.4) is 0 Å². The van der Waals surface area contributed by atoms with Crippen molar-refractivity contribution in [1.82, 2.24) is 5.43 Å². The smallest absolute Gasteiger partial charge is 0.271 e. The zero-order chi connectivity index (χ0) is 23.1. The van der Waals surface area contributed by atoms with E-state index < -0.39 is 16.7 Å². The predicted molar refractivity (Wildman–Crippen MR) is 123 cm³/mol. The van der Waals surface area contributed by atoms with Gasteiger partial charge in [0.15, 0.2) is 0 Å². The maximum atomic E-state index is 12.4. The van der Waals surface area contributed by atoms with Gasteiger partial charge in [-0.2, -0.15) is 5.10 Å². The standard InChI is InChI=1S/C24H22N4O4/c1-16(2)18-11-9-17(10-12-18)15-25-27-24(30)19-5-3-7-21(13-19)26-23(29)20-6-4-8-22(14-20)28(31)32/h3-16H,1-2H3,(H,26,29)(H,27,30)/b25-15-. The van der Waals surface area contributed by atoms with Gasteiger partial charge in [-0.25, -0.2) is 5.43 Å². The molecule has 3 aromatic carbocycles. The van der Waals surface area contributed by atoms with Crippen LogP contribution in [0.25, 0.3) is 0 Å².